The molecule has 4 rings (SSSR count). The summed E-state index contributed by atoms with van der Waals surface area (Å²) in [6.45, 7) is 4.06. The summed E-state index contributed by atoms with van der Waals surface area (Å²) in [6.07, 6.45) is 0.182. The number of carboxylic acid groups (broad SMARTS) is 1. The third-order valence-corrected chi connectivity index (χ3v) is 6.20. The molecule has 8 nitrogen and oxygen atoms in total. The Morgan fingerprint density at radius 2 is 1.89 bits per heavy atom. The largest absolute Gasteiger partial charge is 0.490 e. The van der Waals surface area contributed by atoms with Gasteiger partial charge < -0.3 is 15.2 Å². The van der Waals surface area contributed by atoms with Gasteiger partial charge in [0.25, 0.3) is 5.91 Å². The van der Waals surface area contributed by atoms with E-state index < -0.39 is 12.1 Å². The van der Waals surface area contributed by atoms with E-state index in [1.165, 1.54) is 0 Å². The fourth-order valence-electron chi connectivity index (χ4n) is 4.01. The fourth-order valence-corrected chi connectivity index (χ4v) is 4.18. The van der Waals surface area contributed by atoms with Crippen LogP contribution in [-0.4, -0.2) is 38.1 Å². The topological polar surface area (TPSA) is 106 Å². The quantitative estimate of drug-likeness (QED) is 0.304. The fraction of sp³-hybridized carbons (Fsp3) is 0.259. The highest BCUT2D eigenvalue weighted by Crippen LogP contribution is 2.25. The minimum Gasteiger partial charge on any atom is -0.490 e. The number of nitrogens with one attached hydrogen (secondary N) is 1. The van der Waals surface area contributed by atoms with Crippen LogP contribution in [0.2, 0.25) is 5.02 Å². The molecule has 0 fully saturated rings. The van der Waals surface area contributed by atoms with Crippen molar-refractivity contribution in [3.8, 4) is 5.75 Å². The van der Waals surface area contributed by atoms with Crippen molar-refractivity contribution >= 4 is 34.5 Å². The Bertz CT molecular complexity index is 1370. The number of halogens is 1. The van der Waals surface area contributed by atoms with Crippen LogP contribution < -0.4 is 10.1 Å². The van der Waals surface area contributed by atoms with Gasteiger partial charge in [0.05, 0.1) is 24.5 Å². The van der Waals surface area contributed by atoms with Crippen molar-refractivity contribution in [1.82, 2.24) is 20.3 Å². The zero-order valence-corrected chi connectivity index (χ0v) is 20.8. The molecule has 0 bridgehead atoms. The highest BCUT2D eigenvalue weighted by atomic mass is 35.5. The van der Waals surface area contributed by atoms with Crippen LogP contribution in [0.5, 0.6) is 5.75 Å². The Hall–Kier alpha value is -3.91. The van der Waals surface area contributed by atoms with Gasteiger partial charge in [0.15, 0.2) is 0 Å². The molecule has 2 atom stereocenters. The standard InChI is InChI=1S/C27H27ClN4O4/c1-3-23(18-7-5-4-6-8-18)29-27(35)19-9-12-25-24(15-19)30-31-32(25)16-20-14-21(10-11-22(20)28)36-17(2)13-26(33)34/h4-12,14-15,17,23H,3,13,16H2,1-2H3,(H,29,35)(H,33,34)/t17?,23-/m1/s1. The van der Waals surface area contributed by atoms with Crippen LogP contribution in [0.25, 0.3) is 11.0 Å². The predicted octanol–water partition coefficient (Wildman–Crippen LogP) is 5.26. The molecule has 9 heteroatoms. The van der Waals surface area contributed by atoms with Crippen LogP contribution in [-0.2, 0) is 11.3 Å². The molecule has 36 heavy (non-hydrogen) atoms. The Labute approximate surface area is 213 Å². The minimum atomic E-state index is -0.927. The van der Waals surface area contributed by atoms with E-state index in [0.29, 0.717) is 28.4 Å². The molecule has 0 aliphatic carbocycles. The van der Waals surface area contributed by atoms with E-state index in [1.54, 1.807) is 41.9 Å². The van der Waals surface area contributed by atoms with Crippen LogP contribution >= 0.6 is 11.6 Å². The van der Waals surface area contributed by atoms with E-state index in [9.17, 15) is 9.59 Å². The van der Waals surface area contributed by atoms with Gasteiger partial charge in [-0.05, 0) is 60.9 Å². The summed E-state index contributed by atoms with van der Waals surface area (Å²) in [5.74, 6) is -0.579. The molecule has 1 amide bonds. The number of carbonyl (C=O) groups is 2. The molecule has 0 aliphatic heterocycles. The average Bonchev–Trinajstić information content (AvgIpc) is 3.26. The summed E-state index contributed by atoms with van der Waals surface area (Å²) in [5, 5.41) is 21.1. The Morgan fingerprint density at radius 3 is 2.61 bits per heavy atom. The molecular weight excluding hydrogens is 480 g/mol. The number of amides is 1. The number of hydrogen-bond acceptors (Lipinski definition) is 5. The van der Waals surface area contributed by atoms with Gasteiger partial charge in [0.2, 0.25) is 0 Å². The number of fused-ring (bicyclic) bond motifs is 1. The van der Waals surface area contributed by atoms with Gasteiger partial charge in [-0.2, -0.15) is 0 Å². The summed E-state index contributed by atoms with van der Waals surface area (Å²) in [4.78, 5) is 23.8. The van der Waals surface area contributed by atoms with Gasteiger partial charge in [-0.1, -0.05) is 54.1 Å². The smallest absolute Gasteiger partial charge is 0.307 e. The van der Waals surface area contributed by atoms with Crippen molar-refractivity contribution in [2.75, 3.05) is 0 Å². The maximum absolute atomic E-state index is 12.9. The van der Waals surface area contributed by atoms with Gasteiger partial charge in [-0.25, -0.2) is 4.68 Å². The van der Waals surface area contributed by atoms with Crippen molar-refractivity contribution in [3.63, 3.8) is 0 Å². The van der Waals surface area contributed by atoms with Crippen molar-refractivity contribution < 1.29 is 19.4 Å². The third kappa shape index (κ3) is 6.01. The van der Waals surface area contributed by atoms with E-state index in [-0.39, 0.29) is 18.4 Å². The van der Waals surface area contributed by atoms with Crippen LogP contribution in [0.15, 0.2) is 66.7 Å². The molecule has 0 aliphatic rings. The molecule has 2 N–H and O–H groups in total. The molecule has 0 saturated carbocycles. The molecule has 0 saturated heterocycles. The first kappa shape index (κ1) is 25.2. The molecule has 0 spiro atoms. The number of ether oxygens (including phenoxy) is 1. The van der Waals surface area contributed by atoms with Crippen LogP contribution in [0, 0.1) is 0 Å². The van der Waals surface area contributed by atoms with Gasteiger partial charge in [-0.3, -0.25) is 9.59 Å². The Balaban J connectivity index is 1.50. The number of benzene rings is 3. The van der Waals surface area contributed by atoms with E-state index in [0.717, 1.165) is 23.1 Å². The van der Waals surface area contributed by atoms with Crippen molar-refractivity contribution in [3.05, 3.63) is 88.4 Å². The van der Waals surface area contributed by atoms with Gasteiger partial charge in [0.1, 0.15) is 17.4 Å². The average molecular weight is 507 g/mol. The number of hydrogen-bond donors (Lipinski definition) is 2. The Morgan fingerprint density at radius 1 is 1.11 bits per heavy atom. The molecule has 1 aromatic heterocycles. The van der Waals surface area contributed by atoms with E-state index in [4.69, 9.17) is 21.4 Å². The minimum absolute atomic E-state index is 0.0834. The molecular formula is C27H27ClN4O4. The summed E-state index contributed by atoms with van der Waals surface area (Å²) in [7, 11) is 0. The van der Waals surface area contributed by atoms with Crippen molar-refractivity contribution in [2.24, 2.45) is 0 Å². The Kier molecular flexibility index (Phi) is 7.85. The zero-order chi connectivity index (χ0) is 25.7. The predicted molar refractivity (Wildman–Crippen MR) is 137 cm³/mol. The summed E-state index contributed by atoms with van der Waals surface area (Å²) < 4.78 is 7.41. The number of aromatic nitrogens is 3. The summed E-state index contributed by atoms with van der Waals surface area (Å²) in [6, 6.07) is 20.3. The third-order valence-electron chi connectivity index (χ3n) is 5.83. The van der Waals surface area contributed by atoms with Crippen molar-refractivity contribution in [2.45, 2.75) is 45.4 Å². The molecule has 1 heterocycles. The van der Waals surface area contributed by atoms with Gasteiger partial charge >= 0.3 is 5.97 Å². The second-order valence-corrected chi connectivity index (χ2v) is 8.98. The summed E-state index contributed by atoms with van der Waals surface area (Å²) >= 11 is 6.40. The highest BCUT2D eigenvalue weighted by molar-refractivity contribution is 6.31. The zero-order valence-electron chi connectivity index (χ0n) is 20.0. The summed E-state index contributed by atoms with van der Waals surface area (Å²) in [5.41, 5.74) is 3.65. The lowest BCUT2D eigenvalue weighted by Gasteiger charge is -2.17. The van der Waals surface area contributed by atoms with Crippen LogP contribution in [0.3, 0.4) is 0 Å². The second kappa shape index (κ2) is 11.2. The lowest BCUT2D eigenvalue weighted by Crippen LogP contribution is -2.28. The molecule has 1 unspecified atom stereocenters. The number of carboxylic acids is 1. The maximum atomic E-state index is 12.9. The normalized spacial score (nSPS) is 12.8. The van der Waals surface area contributed by atoms with Gasteiger partial charge in [-0.15, -0.1) is 5.10 Å². The monoisotopic (exact) mass is 506 g/mol. The van der Waals surface area contributed by atoms with Gasteiger partial charge in [0, 0.05) is 10.6 Å². The number of rotatable bonds is 10. The second-order valence-electron chi connectivity index (χ2n) is 8.58. The molecule has 3 aromatic carbocycles. The van der Waals surface area contributed by atoms with E-state index in [2.05, 4.69) is 15.6 Å². The lowest BCUT2D eigenvalue weighted by atomic mass is 10.0. The van der Waals surface area contributed by atoms with E-state index in [1.807, 2.05) is 43.3 Å². The molecule has 186 valence electrons. The van der Waals surface area contributed by atoms with E-state index >= 15 is 0 Å². The molecule has 4 aromatic rings. The van der Waals surface area contributed by atoms with Crippen molar-refractivity contribution in [1.29, 1.82) is 0 Å². The highest BCUT2D eigenvalue weighted by Gasteiger charge is 2.16. The van der Waals surface area contributed by atoms with Crippen LogP contribution in [0.1, 0.15) is 54.2 Å². The number of aliphatic carboxylic acids is 1. The maximum Gasteiger partial charge on any atom is 0.307 e. The van der Waals surface area contributed by atoms with Crippen LogP contribution in [0.4, 0.5) is 0 Å². The number of carbonyl (C=O) groups excluding carboxylic acids is 1. The first-order valence-corrected chi connectivity index (χ1v) is 12.1. The SMILES string of the molecule is CC[C@@H](NC(=O)c1ccc2c(c1)nnn2Cc1cc(OC(C)CC(=O)O)ccc1Cl)c1ccccc1. The first-order chi connectivity index (χ1) is 17.3. The molecule has 0 radical (unpaired) electrons. The number of nitrogens with zero attached hydrogens (tertiary/aromatic N) is 3. The first-order valence-electron chi connectivity index (χ1n) is 11.7. The lowest BCUT2D eigenvalue weighted by molar-refractivity contribution is -0.138.